The smallest absolute Gasteiger partial charge is 0.170 e. The first-order valence-electron chi connectivity index (χ1n) is 6.47. The fourth-order valence-electron chi connectivity index (χ4n) is 1.99. The van der Waals surface area contributed by atoms with Gasteiger partial charge in [0.25, 0.3) is 0 Å². The SMILES string of the molecule is Cc1ccc(C)c(SCc2ccc(F)cc2C(N)=NO)c1. The molecule has 0 aliphatic carbocycles. The number of thioether (sulfide) groups is 1. The number of amidine groups is 1. The second kappa shape index (κ2) is 6.63. The lowest BCUT2D eigenvalue weighted by atomic mass is 10.1. The Morgan fingerprint density at radius 2 is 2.00 bits per heavy atom. The lowest BCUT2D eigenvalue weighted by molar-refractivity contribution is 0.318. The summed E-state index contributed by atoms with van der Waals surface area (Å²) < 4.78 is 13.3. The van der Waals surface area contributed by atoms with E-state index >= 15 is 0 Å². The molecule has 0 aliphatic rings. The minimum absolute atomic E-state index is 0.0777. The van der Waals surface area contributed by atoms with E-state index in [4.69, 9.17) is 10.9 Å². The van der Waals surface area contributed by atoms with Gasteiger partial charge in [0.15, 0.2) is 5.84 Å². The van der Waals surface area contributed by atoms with E-state index in [-0.39, 0.29) is 5.84 Å². The van der Waals surface area contributed by atoms with Crippen LogP contribution in [0.1, 0.15) is 22.3 Å². The standard InChI is InChI=1S/C16H17FN2OS/c1-10-3-4-11(2)15(7-10)21-9-12-5-6-13(17)8-14(12)16(18)19-20/h3-8,20H,9H2,1-2H3,(H2,18,19). The Morgan fingerprint density at radius 3 is 2.71 bits per heavy atom. The van der Waals surface area contributed by atoms with Crippen molar-refractivity contribution in [2.75, 3.05) is 0 Å². The highest BCUT2D eigenvalue weighted by atomic mass is 32.2. The van der Waals surface area contributed by atoms with Crippen LogP contribution in [0.25, 0.3) is 0 Å². The van der Waals surface area contributed by atoms with Crippen molar-refractivity contribution < 1.29 is 9.60 Å². The minimum Gasteiger partial charge on any atom is -0.409 e. The van der Waals surface area contributed by atoms with Crippen LogP contribution in [0.3, 0.4) is 0 Å². The molecule has 0 saturated carbocycles. The van der Waals surface area contributed by atoms with E-state index in [0.717, 1.165) is 5.56 Å². The topological polar surface area (TPSA) is 58.6 Å². The van der Waals surface area contributed by atoms with E-state index in [2.05, 4.69) is 30.3 Å². The van der Waals surface area contributed by atoms with E-state index in [0.29, 0.717) is 11.3 Å². The highest BCUT2D eigenvalue weighted by Crippen LogP contribution is 2.28. The molecule has 21 heavy (non-hydrogen) atoms. The van der Waals surface area contributed by atoms with Crippen molar-refractivity contribution in [1.29, 1.82) is 0 Å². The molecule has 0 bridgehead atoms. The van der Waals surface area contributed by atoms with Gasteiger partial charge in [0.1, 0.15) is 5.82 Å². The third kappa shape index (κ3) is 3.76. The summed E-state index contributed by atoms with van der Waals surface area (Å²) in [5.74, 6) is 0.138. The lowest BCUT2D eigenvalue weighted by Crippen LogP contribution is -2.15. The monoisotopic (exact) mass is 304 g/mol. The number of halogens is 1. The molecule has 5 heteroatoms. The normalized spacial score (nSPS) is 11.7. The predicted molar refractivity (Wildman–Crippen MR) is 84.4 cm³/mol. The first-order valence-corrected chi connectivity index (χ1v) is 7.46. The molecule has 0 atom stereocenters. The van der Waals surface area contributed by atoms with Gasteiger partial charge < -0.3 is 10.9 Å². The van der Waals surface area contributed by atoms with Crippen molar-refractivity contribution in [3.05, 3.63) is 64.5 Å². The Morgan fingerprint density at radius 1 is 1.24 bits per heavy atom. The molecule has 0 spiro atoms. The molecule has 3 N–H and O–H groups in total. The second-order valence-electron chi connectivity index (χ2n) is 4.84. The van der Waals surface area contributed by atoms with Gasteiger partial charge in [0, 0.05) is 16.2 Å². The summed E-state index contributed by atoms with van der Waals surface area (Å²) in [5, 5.41) is 11.8. The molecule has 2 aromatic carbocycles. The van der Waals surface area contributed by atoms with Gasteiger partial charge in [-0.05, 0) is 43.2 Å². The molecule has 3 nitrogen and oxygen atoms in total. The van der Waals surface area contributed by atoms with Crippen molar-refractivity contribution in [2.24, 2.45) is 10.9 Å². The largest absolute Gasteiger partial charge is 0.409 e. The molecule has 0 saturated heterocycles. The minimum atomic E-state index is -0.405. The summed E-state index contributed by atoms with van der Waals surface area (Å²) in [5.41, 5.74) is 9.25. The van der Waals surface area contributed by atoms with Crippen molar-refractivity contribution in [2.45, 2.75) is 24.5 Å². The number of nitrogens with two attached hydrogens (primary N) is 1. The summed E-state index contributed by atoms with van der Waals surface area (Å²) in [7, 11) is 0. The van der Waals surface area contributed by atoms with Crippen LogP contribution in [0.4, 0.5) is 4.39 Å². The predicted octanol–water partition coefficient (Wildman–Crippen LogP) is 3.83. The summed E-state index contributed by atoms with van der Waals surface area (Å²) in [4.78, 5) is 1.17. The molecule has 0 radical (unpaired) electrons. The highest BCUT2D eigenvalue weighted by molar-refractivity contribution is 7.98. The Labute approximate surface area is 127 Å². The van der Waals surface area contributed by atoms with Crippen LogP contribution in [-0.4, -0.2) is 11.0 Å². The fourth-order valence-corrected chi connectivity index (χ4v) is 3.11. The third-order valence-corrected chi connectivity index (χ3v) is 4.39. The highest BCUT2D eigenvalue weighted by Gasteiger charge is 2.10. The quantitative estimate of drug-likeness (QED) is 0.297. The van der Waals surface area contributed by atoms with E-state index < -0.39 is 5.82 Å². The van der Waals surface area contributed by atoms with E-state index in [1.54, 1.807) is 17.8 Å². The first kappa shape index (κ1) is 15.4. The Balaban J connectivity index is 2.26. The lowest BCUT2D eigenvalue weighted by Gasteiger charge is -2.10. The average Bonchev–Trinajstić information content (AvgIpc) is 2.48. The van der Waals surface area contributed by atoms with Crippen LogP contribution in [-0.2, 0) is 5.75 Å². The molecular formula is C16H17FN2OS. The molecule has 0 unspecified atom stereocenters. The number of rotatable bonds is 4. The zero-order valence-electron chi connectivity index (χ0n) is 11.9. The second-order valence-corrected chi connectivity index (χ2v) is 5.86. The van der Waals surface area contributed by atoms with Crippen LogP contribution < -0.4 is 5.73 Å². The van der Waals surface area contributed by atoms with Gasteiger partial charge >= 0.3 is 0 Å². The van der Waals surface area contributed by atoms with E-state index in [1.807, 2.05) is 6.92 Å². The van der Waals surface area contributed by atoms with Gasteiger partial charge in [-0.2, -0.15) is 0 Å². The van der Waals surface area contributed by atoms with Gasteiger partial charge in [0.2, 0.25) is 0 Å². The number of benzene rings is 2. The van der Waals surface area contributed by atoms with Gasteiger partial charge in [-0.1, -0.05) is 28.9 Å². The molecule has 0 fully saturated rings. The maximum absolute atomic E-state index is 13.3. The van der Waals surface area contributed by atoms with Crippen LogP contribution in [0.2, 0.25) is 0 Å². The van der Waals surface area contributed by atoms with Gasteiger partial charge in [-0.15, -0.1) is 11.8 Å². The summed E-state index contributed by atoms with van der Waals surface area (Å²) in [6, 6.07) is 10.6. The number of hydrogen-bond acceptors (Lipinski definition) is 3. The third-order valence-electron chi connectivity index (χ3n) is 3.18. The van der Waals surface area contributed by atoms with Crippen molar-refractivity contribution in [3.8, 4) is 0 Å². The molecule has 2 rings (SSSR count). The van der Waals surface area contributed by atoms with Crippen molar-refractivity contribution >= 4 is 17.6 Å². The van der Waals surface area contributed by atoms with E-state index in [1.165, 1.54) is 28.2 Å². The molecule has 110 valence electrons. The molecule has 2 aromatic rings. The van der Waals surface area contributed by atoms with Crippen LogP contribution in [0, 0.1) is 19.7 Å². The molecule has 0 heterocycles. The Kier molecular flexibility index (Phi) is 4.85. The fraction of sp³-hybridized carbons (Fsp3) is 0.188. The summed E-state index contributed by atoms with van der Waals surface area (Å²) >= 11 is 1.65. The maximum atomic E-state index is 13.3. The van der Waals surface area contributed by atoms with Gasteiger partial charge in [0.05, 0.1) is 0 Å². The zero-order chi connectivity index (χ0) is 15.4. The average molecular weight is 304 g/mol. The Bertz CT molecular complexity index is 686. The Hall–Kier alpha value is -2.01. The molecule has 0 amide bonds. The number of oxime groups is 1. The van der Waals surface area contributed by atoms with Crippen LogP contribution in [0.5, 0.6) is 0 Å². The molecule has 0 aromatic heterocycles. The zero-order valence-corrected chi connectivity index (χ0v) is 12.7. The van der Waals surface area contributed by atoms with Gasteiger partial charge in [-0.25, -0.2) is 4.39 Å². The molecule has 0 aliphatic heterocycles. The van der Waals surface area contributed by atoms with E-state index in [9.17, 15) is 4.39 Å². The summed E-state index contributed by atoms with van der Waals surface area (Å²) in [6.45, 7) is 4.10. The number of nitrogens with zero attached hydrogens (tertiary/aromatic N) is 1. The van der Waals surface area contributed by atoms with Crippen LogP contribution in [0.15, 0.2) is 46.4 Å². The number of hydrogen-bond donors (Lipinski definition) is 2. The van der Waals surface area contributed by atoms with Crippen LogP contribution >= 0.6 is 11.8 Å². The van der Waals surface area contributed by atoms with Crippen molar-refractivity contribution in [1.82, 2.24) is 0 Å². The molecular weight excluding hydrogens is 287 g/mol. The first-order chi connectivity index (χ1) is 10.0. The van der Waals surface area contributed by atoms with Gasteiger partial charge in [-0.3, -0.25) is 0 Å². The summed E-state index contributed by atoms with van der Waals surface area (Å²) in [6.07, 6.45) is 0. The van der Waals surface area contributed by atoms with Crippen molar-refractivity contribution in [3.63, 3.8) is 0 Å². The number of aryl methyl sites for hydroxylation is 2. The maximum Gasteiger partial charge on any atom is 0.170 e.